The van der Waals surface area contributed by atoms with Crippen molar-refractivity contribution in [3.63, 3.8) is 0 Å². The van der Waals surface area contributed by atoms with Gasteiger partial charge in [-0.05, 0) is 25.3 Å². The molecule has 0 spiro atoms. The summed E-state index contributed by atoms with van der Waals surface area (Å²) >= 11 is 5.62. The average molecular weight is 214 g/mol. The zero-order valence-electron chi connectivity index (χ0n) is 8.33. The van der Waals surface area contributed by atoms with Gasteiger partial charge in [0.15, 0.2) is 0 Å². The number of halogens is 1. The Hall–Kier alpha value is -0.730. The molecule has 3 heteroatoms. The van der Waals surface area contributed by atoms with Crippen LogP contribution in [0, 0.1) is 0 Å². The number of alkyl halides is 1. The van der Waals surface area contributed by atoms with Crippen molar-refractivity contribution in [2.45, 2.75) is 25.9 Å². The number of rotatable bonds is 4. The molecule has 1 aromatic carbocycles. The monoisotopic (exact) mass is 213 g/mol. The molecule has 0 fully saturated rings. The minimum Gasteiger partial charge on any atom is -0.398 e. The van der Waals surface area contributed by atoms with Crippen molar-refractivity contribution in [3.05, 3.63) is 29.3 Å². The fraction of sp³-hybridized carbons (Fsp3) is 0.455. The standard InChI is InChI=1S/C11H16ClNO/c1-8(14)10-6-2-4-9(11(10)13)5-3-7-12/h2,4,6,8,14H,3,5,7,13H2,1H3/t8-/m1/s1. The zero-order chi connectivity index (χ0) is 10.6. The Morgan fingerprint density at radius 2 is 2.21 bits per heavy atom. The second-order valence-electron chi connectivity index (χ2n) is 3.39. The molecule has 0 bridgehead atoms. The van der Waals surface area contributed by atoms with Crippen molar-refractivity contribution in [2.24, 2.45) is 0 Å². The van der Waals surface area contributed by atoms with E-state index in [9.17, 15) is 5.11 Å². The summed E-state index contributed by atoms with van der Waals surface area (Å²) in [5.41, 5.74) is 8.50. The topological polar surface area (TPSA) is 46.2 Å². The number of anilines is 1. The predicted octanol–water partition coefficient (Wildman–Crippen LogP) is 2.49. The van der Waals surface area contributed by atoms with Gasteiger partial charge < -0.3 is 10.8 Å². The van der Waals surface area contributed by atoms with Crippen LogP contribution in [-0.2, 0) is 6.42 Å². The van der Waals surface area contributed by atoms with E-state index in [1.165, 1.54) is 0 Å². The first-order valence-electron chi connectivity index (χ1n) is 4.78. The molecular formula is C11H16ClNO. The van der Waals surface area contributed by atoms with Gasteiger partial charge in [-0.1, -0.05) is 18.2 Å². The van der Waals surface area contributed by atoms with Crippen molar-refractivity contribution in [1.29, 1.82) is 0 Å². The van der Waals surface area contributed by atoms with Crippen LogP contribution in [0.25, 0.3) is 0 Å². The van der Waals surface area contributed by atoms with E-state index < -0.39 is 6.10 Å². The molecule has 0 saturated heterocycles. The van der Waals surface area contributed by atoms with E-state index in [4.69, 9.17) is 17.3 Å². The minimum atomic E-state index is -0.508. The van der Waals surface area contributed by atoms with Crippen LogP contribution in [0.3, 0.4) is 0 Å². The molecular weight excluding hydrogens is 198 g/mol. The van der Waals surface area contributed by atoms with Crippen LogP contribution >= 0.6 is 11.6 Å². The van der Waals surface area contributed by atoms with Crippen LogP contribution in [0.4, 0.5) is 5.69 Å². The summed E-state index contributed by atoms with van der Waals surface area (Å²) in [5, 5.41) is 9.45. The molecule has 0 aliphatic carbocycles. The molecule has 78 valence electrons. The van der Waals surface area contributed by atoms with Gasteiger partial charge in [-0.25, -0.2) is 0 Å². The molecule has 0 aliphatic heterocycles. The number of nitrogen functional groups attached to an aromatic ring is 1. The Kier molecular flexibility index (Phi) is 4.23. The summed E-state index contributed by atoms with van der Waals surface area (Å²) in [6.07, 6.45) is 1.27. The SMILES string of the molecule is C[C@@H](O)c1cccc(CCCCl)c1N. The minimum absolute atomic E-state index is 0.508. The van der Waals surface area contributed by atoms with Gasteiger partial charge in [0.25, 0.3) is 0 Å². The van der Waals surface area contributed by atoms with Gasteiger partial charge in [0.2, 0.25) is 0 Å². The normalized spacial score (nSPS) is 12.8. The summed E-state index contributed by atoms with van der Waals surface area (Å²) in [5.74, 6) is 0.637. The highest BCUT2D eigenvalue weighted by molar-refractivity contribution is 6.17. The molecule has 0 heterocycles. The highest BCUT2D eigenvalue weighted by Gasteiger charge is 2.08. The summed E-state index contributed by atoms with van der Waals surface area (Å²) in [6.45, 7) is 1.72. The van der Waals surface area contributed by atoms with Gasteiger partial charge in [0.05, 0.1) is 6.10 Å². The van der Waals surface area contributed by atoms with E-state index in [1.54, 1.807) is 6.92 Å². The number of aryl methyl sites for hydroxylation is 1. The van der Waals surface area contributed by atoms with Crippen LogP contribution in [0.2, 0.25) is 0 Å². The molecule has 0 aromatic heterocycles. The van der Waals surface area contributed by atoms with Crippen LogP contribution in [0.5, 0.6) is 0 Å². The lowest BCUT2D eigenvalue weighted by Gasteiger charge is -2.12. The lowest BCUT2D eigenvalue weighted by molar-refractivity contribution is 0.200. The van der Waals surface area contributed by atoms with E-state index >= 15 is 0 Å². The largest absolute Gasteiger partial charge is 0.398 e. The Morgan fingerprint density at radius 3 is 2.79 bits per heavy atom. The second kappa shape index (κ2) is 5.23. The Morgan fingerprint density at radius 1 is 1.50 bits per heavy atom. The summed E-state index contributed by atoms with van der Waals surface area (Å²) in [6, 6.07) is 5.75. The lowest BCUT2D eigenvalue weighted by atomic mass is 10.0. The smallest absolute Gasteiger partial charge is 0.0781 e. The number of aliphatic hydroxyl groups is 1. The number of benzene rings is 1. The van der Waals surface area contributed by atoms with E-state index in [0.29, 0.717) is 11.6 Å². The van der Waals surface area contributed by atoms with Gasteiger partial charge in [-0.15, -0.1) is 11.6 Å². The highest BCUT2D eigenvalue weighted by atomic mass is 35.5. The Labute approximate surface area is 89.7 Å². The zero-order valence-corrected chi connectivity index (χ0v) is 9.09. The highest BCUT2D eigenvalue weighted by Crippen LogP contribution is 2.24. The van der Waals surface area contributed by atoms with Gasteiger partial charge in [-0.2, -0.15) is 0 Å². The summed E-state index contributed by atoms with van der Waals surface area (Å²) < 4.78 is 0. The molecule has 0 unspecified atom stereocenters. The molecule has 0 saturated carbocycles. The summed E-state index contributed by atoms with van der Waals surface area (Å²) in [4.78, 5) is 0. The molecule has 0 amide bonds. The van der Waals surface area contributed by atoms with Gasteiger partial charge in [0, 0.05) is 17.1 Å². The molecule has 3 N–H and O–H groups in total. The van der Waals surface area contributed by atoms with Crippen LogP contribution in [-0.4, -0.2) is 11.0 Å². The third kappa shape index (κ3) is 2.63. The molecule has 0 radical (unpaired) electrons. The fourth-order valence-electron chi connectivity index (χ4n) is 1.47. The maximum absolute atomic E-state index is 9.45. The van der Waals surface area contributed by atoms with Crippen molar-refractivity contribution in [2.75, 3.05) is 11.6 Å². The Bertz CT molecular complexity index is 299. The maximum Gasteiger partial charge on any atom is 0.0781 e. The first-order valence-corrected chi connectivity index (χ1v) is 5.31. The van der Waals surface area contributed by atoms with Gasteiger partial charge in [-0.3, -0.25) is 0 Å². The maximum atomic E-state index is 9.45. The number of hydrogen-bond acceptors (Lipinski definition) is 2. The number of aliphatic hydroxyl groups excluding tert-OH is 1. The molecule has 14 heavy (non-hydrogen) atoms. The van der Waals surface area contributed by atoms with E-state index in [0.717, 1.165) is 24.0 Å². The third-order valence-corrected chi connectivity index (χ3v) is 2.53. The fourth-order valence-corrected chi connectivity index (χ4v) is 1.61. The molecule has 1 atom stereocenters. The molecule has 2 nitrogen and oxygen atoms in total. The molecule has 1 rings (SSSR count). The van der Waals surface area contributed by atoms with E-state index in [2.05, 4.69) is 0 Å². The van der Waals surface area contributed by atoms with Crippen LogP contribution < -0.4 is 5.73 Å². The van der Waals surface area contributed by atoms with Crippen molar-refractivity contribution >= 4 is 17.3 Å². The van der Waals surface area contributed by atoms with Gasteiger partial charge >= 0.3 is 0 Å². The first-order chi connectivity index (χ1) is 6.66. The van der Waals surface area contributed by atoms with Gasteiger partial charge in [0.1, 0.15) is 0 Å². The summed E-state index contributed by atoms with van der Waals surface area (Å²) in [7, 11) is 0. The first kappa shape index (κ1) is 11.3. The van der Waals surface area contributed by atoms with Crippen LogP contribution in [0.1, 0.15) is 30.6 Å². The van der Waals surface area contributed by atoms with Crippen molar-refractivity contribution < 1.29 is 5.11 Å². The Balaban J connectivity index is 2.89. The number of hydrogen-bond donors (Lipinski definition) is 2. The number of para-hydroxylation sites is 1. The molecule has 1 aromatic rings. The molecule has 0 aliphatic rings. The quantitative estimate of drug-likeness (QED) is 0.596. The van der Waals surface area contributed by atoms with E-state index in [1.807, 2.05) is 18.2 Å². The lowest BCUT2D eigenvalue weighted by Crippen LogP contribution is -2.02. The van der Waals surface area contributed by atoms with Crippen LogP contribution in [0.15, 0.2) is 18.2 Å². The third-order valence-electron chi connectivity index (χ3n) is 2.26. The average Bonchev–Trinajstić information content (AvgIpc) is 2.16. The second-order valence-corrected chi connectivity index (χ2v) is 3.77. The van der Waals surface area contributed by atoms with Crippen molar-refractivity contribution in [1.82, 2.24) is 0 Å². The van der Waals surface area contributed by atoms with E-state index in [-0.39, 0.29) is 0 Å². The predicted molar refractivity (Wildman–Crippen MR) is 60.5 cm³/mol. The number of nitrogens with two attached hydrogens (primary N) is 1. The van der Waals surface area contributed by atoms with Crippen molar-refractivity contribution in [3.8, 4) is 0 Å².